The molecule has 1 saturated heterocycles. The van der Waals surface area contributed by atoms with E-state index >= 15 is 0 Å². The lowest BCUT2D eigenvalue weighted by Crippen LogP contribution is -2.41. The number of hydrogen-bond donors (Lipinski definition) is 3. The van der Waals surface area contributed by atoms with Gasteiger partial charge in [0.25, 0.3) is 0 Å². The Bertz CT molecular complexity index is 814. The fourth-order valence-electron chi connectivity index (χ4n) is 3.91. The average Bonchev–Trinajstić information content (AvgIpc) is 3.31. The van der Waals surface area contributed by atoms with Crippen molar-refractivity contribution in [1.82, 2.24) is 10.6 Å². The number of aryl methyl sites for hydroxylation is 2. The van der Waals surface area contributed by atoms with E-state index in [2.05, 4.69) is 39.9 Å². The molecule has 0 aliphatic carbocycles. The molecular formula is C23H33N3O3. The summed E-state index contributed by atoms with van der Waals surface area (Å²) in [6.07, 6.45) is 1.11. The Balaban J connectivity index is 1.64. The molecule has 2 aromatic rings. The zero-order valence-electron chi connectivity index (χ0n) is 17.9. The maximum absolute atomic E-state index is 10.9. The molecule has 3 N–H and O–H groups in total. The summed E-state index contributed by atoms with van der Waals surface area (Å²) in [7, 11) is 0. The summed E-state index contributed by atoms with van der Waals surface area (Å²) < 4.78 is 11.6. The Morgan fingerprint density at radius 3 is 2.66 bits per heavy atom. The predicted octanol–water partition coefficient (Wildman–Crippen LogP) is 3.44. The third kappa shape index (κ3) is 5.40. The Morgan fingerprint density at radius 2 is 2.00 bits per heavy atom. The molecule has 6 heteroatoms. The van der Waals surface area contributed by atoms with Gasteiger partial charge in [0.2, 0.25) is 0 Å². The zero-order valence-corrected chi connectivity index (χ0v) is 17.9. The molecule has 158 valence electrons. The molecule has 0 amide bonds. The van der Waals surface area contributed by atoms with E-state index in [0.29, 0.717) is 11.9 Å². The Morgan fingerprint density at radius 1 is 1.24 bits per heavy atom. The van der Waals surface area contributed by atoms with Crippen molar-refractivity contribution in [2.75, 3.05) is 26.2 Å². The maximum atomic E-state index is 10.9. The van der Waals surface area contributed by atoms with Crippen LogP contribution < -0.4 is 10.6 Å². The maximum Gasteiger partial charge on any atom is 0.191 e. The van der Waals surface area contributed by atoms with Crippen molar-refractivity contribution < 1.29 is 14.3 Å². The van der Waals surface area contributed by atoms with Crippen molar-refractivity contribution in [2.45, 2.75) is 45.8 Å². The molecule has 3 rings (SSSR count). The Hall–Kier alpha value is -2.31. The summed E-state index contributed by atoms with van der Waals surface area (Å²) in [5.41, 5.74) is 0.906. The molecular weight excluding hydrogens is 366 g/mol. The average molecular weight is 400 g/mol. The Kier molecular flexibility index (Phi) is 6.98. The second-order valence-electron chi connectivity index (χ2n) is 7.93. The summed E-state index contributed by atoms with van der Waals surface area (Å²) in [4.78, 5) is 4.63. The number of benzene rings is 1. The first-order chi connectivity index (χ1) is 13.9. The highest BCUT2D eigenvalue weighted by Gasteiger charge is 2.30. The van der Waals surface area contributed by atoms with Gasteiger partial charge in [-0.1, -0.05) is 30.3 Å². The van der Waals surface area contributed by atoms with Crippen LogP contribution in [0.25, 0.3) is 0 Å². The van der Waals surface area contributed by atoms with Gasteiger partial charge in [-0.15, -0.1) is 0 Å². The van der Waals surface area contributed by atoms with E-state index in [4.69, 9.17) is 9.15 Å². The van der Waals surface area contributed by atoms with Crippen molar-refractivity contribution in [1.29, 1.82) is 0 Å². The van der Waals surface area contributed by atoms with Gasteiger partial charge >= 0.3 is 0 Å². The highest BCUT2D eigenvalue weighted by atomic mass is 16.5. The molecule has 0 spiro atoms. The van der Waals surface area contributed by atoms with Crippen LogP contribution in [0.4, 0.5) is 0 Å². The number of furan rings is 1. The molecule has 29 heavy (non-hydrogen) atoms. The van der Waals surface area contributed by atoms with Crippen LogP contribution in [0.5, 0.6) is 0 Å². The third-order valence-corrected chi connectivity index (χ3v) is 5.38. The quantitative estimate of drug-likeness (QED) is 0.491. The molecule has 1 aliphatic rings. The van der Waals surface area contributed by atoms with Gasteiger partial charge in [-0.25, -0.2) is 4.99 Å². The van der Waals surface area contributed by atoms with E-state index in [-0.39, 0.29) is 12.6 Å². The summed E-state index contributed by atoms with van der Waals surface area (Å²) in [6, 6.07) is 12.2. The minimum atomic E-state index is -1.09. The summed E-state index contributed by atoms with van der Waals surface area (Å²) >= 11 is 0. The van der Waals surface area contributed by atoms with Crippen LogP contribution in [0.3, 0.4) is 0 Å². The van der Waals surface area contributed by atoms with Gasteiger partial charge in [-0.2, -0.15) is 0 Å². The number of aliphatic imine (C=N–C) groups is 1. The molecule has 6 nitrogen and oxygen atoms in total. The molecule has 1 aromatic carbocycles. The van der Waals surface area contributed by atoms with Crippen LogP contribution in [-0.4, -0.2) is 37.3 Å². The molecule has 1 aliphatic heterocycles. The largest absolute Gasteiger partial charge is 0.466 e. The standard InChI is InChI=1S/C23H33N3O3/c1-5-24-22(26-15-23(4,27)20-13-16(2)29-17(20)3)25-14-19-11-12-28-21(19)18-9-7-6-8-10-18/h6-10,13,19,21,27H,5,11-12,14-15H2,1-4H3,(H2,24,25,26). The molecule has 3 unspecified atom stereocenters. The minimum Gasteiger partial charge on any atom is -0.466 e. The van der Waals surface area contributed by atoms with E-state index in [1.54, 1.807) is 6.92 Å². The predicted molar refractivity (Wildman–Crippen MR) is 115 cm³/mol. The van der Waals surface area contributed by atoms with Gasteiger partial charge in [0.15, 0.2) is 5.96 Å². The van der Waals surface area contributed by atoms with E-state index in [1.807, 2.05) is 32.9 Å². The first-order valence-electron chi connectivity index (χ1n) is 10.4. The van der Waals surface area contributed by atoms with Crippen LogP contribution in [0.2, 0.25) is 0 Å². The van der Waals surface area contributed by atoms with Gasteiger partial charge in [-0.05, 0) is 45.7 Å². The van der Waals surface area contributed by atoms with Crippen molar-refractivity contribution in [2.24, 2.45) is 10.9 Å². The Labute approximate surface area is 173 Å². The molecule has 3 atom stereocenters. The van der Waals surface area contributed by atoms with Crippen LogP contribution in [0.1, 0.15) is 49.0 Å². The second kappa shape index (κ2) is 9.46. The monoisotopic (exact) mass is 399 g/mol. The third-order valence-electron chi connectivity index (χ3n) is 5.38. The molecule has 1 fully saturated rings. The number of ether oxygens (including phenoxy) is 1. The number of hydrogen-bond acceptors (Lipinski definition) is 4. The van der Waals surface area contributed by atoms with Crippen molar-refractivity contribution in [3.8, 4) is 0 Å². The summed E-state index contributed by atoms with van der Waals surface area (Å²) in [6.45, 7) is 10.1. The van der Waals surface area contributed by atoms with Gasteiger partial charge < -0.3 is 24.9 Å². The smallest absolute Gasteiger partial charge is 0.191 e. The van der Waals surface area contributed by atoms with Gasteiger partial charge in [0.05, 0.1) is 12.6 Å². The highest BCUT2D eigenvalue weighted by molar-refractivity contribution is 5.79. The van der Waals surface area contributed by atoms with E-state index in [0.717, 1.165) is 43.2 Å². The van der Waals surface area contributed by atoms with Crippen LogP contribution >= 0.6 is 0 Å². The lowest BCUT2D eigenvalue weighted by molar-refractivity contribution is 0.0656. The van der Waals surface area contributed by atoms with Crippen LogP contribution in [0.15, 0.2) is 45.8 Å². The van der Waals surface area contributed by atoms with Crippen molar-refractivity contribution in [3.63, 3.8) is 0 Å². The van der Waals surface area contributed by atoms with Gasteiger partial charge in [-0.3, -0.25) is 0 Å². The summed E-state index contributed by atoms with van der Waals surface area (Å²) in [5.74, 6) is 2.60. The first-order valence-corrected chi connectivity index (χ1v) is 10.4. The lowest BCUT2D eigenvalue weighted by Gasteiger charge is -2.23. The van der Waals surface area contributed by atoms with Crippen LogP contribution in [-0.2, 0) is 10.3 Å². The van der Waals surface area contributed by atoms with E-state index < -0.39 is 5.60 Å². The SMILES string of the molecule is CCNC(=NCC(C)(O)c1cc(C)oc1C)NCC1CCOC1c1ccccc1. The topological polar surface area (TPSA) is 79.0 Å². The number of aliphatic hydroxyl groups is 1. The highest BCUT2D eigenvalue weighted by Crippen LogP contribution is 2.34. The first kappa shape index (κ1) is 21.4. The van der Waals surface area contributed by atoms with Crippen molar-refractivity contribution in [3.05, 3.63) is 59.0 Å². The van der Waals surface area contributed by atoms with Gasteiger partial charge in [0, 0.05) is 31.2 Å². The van der Waals surface area contributed by atoms with Crippen molar-refractivity contribution >= 4 is 5.96 Å². The number of guanidine groups is 1. The zero-order chi connectivity index (χ0) is 20.9. The molecule has 2 heterocycles. The fourth-order valence-corrected chi connectivity index (χ4v) is 3.91. The number of nitrogens with one attached hydrogen (secondary N) is 2. The number of rotatable bonds is 7. The minimum absolute atomic E-state index is 0.103. The van der Waals surface area contributed by atoms with Gasteiger partial charge in [0.1, 0.15) is 17.1 Å². The summed E-state index contributed by atoms with van der Waals surface area (Å²) in [5, 5.41) is 17.6. The second-order valence-corrected chi connectivity index (χ2v) is 7.93. The van der Waals surface area contributed by atoms with E-state index in [1.165, 1.54) is 5.56 Å². The molecule has 1 aromatic heterocycles. The lowest BCUT2D eigenvalue weighted by atomic mass is 9.95. The molecule has 0 saturated carbocycles. The normalized spacial score (nSPS) is 21.8. The molecule has 0 radical (unpaired) electrons. The molecule has 0 bridgehead atoms. The fraction of sp³-hybridized carbons (Fsp3) is 0.522. The van der Waals surface area contributed by atoms with E-state index in [9.17, 15) is 5.11 Å². The number of nitrogens with zero attached hydrogens (tertiary/aromatic N) is 1. The van der Waals surface area contributed by atoms with Crippen LogP contribution in [0, 0.1) is 19.8 Å².